The zero-order chi connectivity index (χ0) is 15.6. The van der Waals surface area contributed by atoms with Crippen LogP contribution in [-0.2, 0) is 19.6 Å². The van der Waals surface area contributed by atoms with Gasteiger partial charge in [-0.3, -0.25) is 4.79 Å². The van der Waals surface area contributed by atoms with Crippen molar-refractivity contribution in [1.29, 1.82) is 5.26 Å². The van der Waals surface area contributed by atoms with Crippen LogP contribution in [0.25, 0.3) is 0 Å². The Balaban J connectivity index is 2.50. The summed E-state index contributed by atoms with van der Waals surface area (Å²) in [5.74, 6) is -1.30. The van der Waals surface area contributed by atoms with Crippen molar-refractivity contribution in [1.82, 2.24) is 4.31 Å². The van der Waals surface area contributed by atoms with Crippen LogP contribution >= 0.6 is 11.6 Å². The molecule has 21 heavy (non-hydrogen) atoms. The zero-order valence-corrected chi connectivity index (χ0v) is 12.3. The molecule has 1 aliphatic heterocycles. The van der Waals surface area contributed by atoms with Crippen LogP contribution in [-0.4, -0.2) is 49.6 Å². The number of rotatable bonds is 3. The Morgan fingerprint density at radius 2 is 2.24 bits per heavy atom. The first-order valence-corrected chi connectivity index (χ1v) is 7.72. The highest BCUT2D eigenvalue weighted by molar-refractivity contribution is 7.89. The number of nitriles is 1. The molecule has 1 unspecified atom stereocenters. The molecule has 0 bridgehead atoms. The lowest BCUT2D eigenvalue weighted by atomic mass is 10.2. The van der Waals surface area contributed by atoms with E-state index in [-0.39, 0.29) is 35.2 Å². The number of carboxylic acids is 1. The van der Waals surface area contributed by atoms with Crippen molar-refractivity contribution in [2.24, 2.45) is 0 Å². The molecule has 1 aromatic carbocycles. The molecule has 1 aliphatic rings. The summed E-state index contributed by atoms with van der Waals surface area (Å²) in [5, 5.41) is 17.9. The van der Waals surface area contributed by atoms with Crippen LogP contribution in [0.15, 0.2) is 23.1 Å². The topological polar surface area (TPSA) is 108 Å². The lowest BCUT2D eigenvalue weighted by Gasteiger charge is -2.32. The Hall–Kier alpha value is -1.66. The van der Waals surface area contributed by atoms with Gasteiger partial charge in [0, 0.05) is 6.54 Å². The molecule has 9 heteroatoms. The van der Waals surface area contributed by atoms with Gasteiger partial charge in [-0.2, -0.15) is 9.57 Å². The molecule has 1 saturated heterocycles. The number of aliphatic carboxylic acids is 1. The molecular weight excluding hydrogens is 320 g/mol. The van der Waals surface area contributed by atoms with Crippen molar-refractivity contribution in [2.45, 2.75) is 10.9 Å². The molecule has 0 saturated carbocycles. The summed E-state index contributed by atoms with van der Waals surface area (Å²) in [6.07, 6.45) is 0. The molecule has 1 aromatic rings. The van der Waals surface area contributed by atoms with Gasteiger partial charge < -0.3 is 9.84 Å². The van der Waals surface area contributed by atoms with Crippen LogP contribution < -0.4 is 0 Å². The molecule has 2 rings (SSSR count). The van der Waals surface area contributed by atoms with Gasteiger partial charge in [-0.15, -0.1) is 0 Å². The summed E-state index contributed by atoms with van der Waals surface area (Å²) in [4.78, 5) is 10.9. The third-order valence-corrected chi connectivity index (χ3v) is 5.40. The third kappa shape index (κ3) is 3.01. The van der Waals surface area contributed by atoms with Crippen LogP contribution in [0.5, 0.6) is 0 Å². The Kier molecular flexibility index (Phi) is 4.49. The highest BCUT2D eigenvalue weighted by Gasteiger charge is 2.39. The quantitative estimate of drug-likeness (QED) is 0.873. The van der Waals surface area contributed by atoms with Gasteiger partial charge in [-0.25, -0.2) is 8.42 Å². The molecule has 1 N–H and O–H groups in total. The van der Waals surface area contributed by atoms with Gasteiger partial charge >= 0.3 is 5.97 Å². The number of carbonyl (C=O) groups is 1. The molecule has 0 spiro atoms. The number of hydrogen-bond donors (Lipinski definition) is 1. The van der Waals surface area contributed by atoms with E-state index >= 15 is 0 Å². The van der Waals surface area contributed by atoms with E-state index in [9.17, 15) is 13.2 Å². The molecule has 112 valence electrons. The second kappa shape index (κ2) is 5.99. The van der Waals surface area contributed by atoms with E-state index in [2.05, 4.69) is 0 Å². The van der Waals surface area contributed by atoms with E-state index in [0.717, 1.165) is 10.4 Å². The van der Waals surface area contributed by atoms with Crippen molar-refractivity contribution in [3.63, 3.8) is 0 Å². The van der Waals surface area contributed by atoms with Crippen LogP contribution in [0, 0.1) is 11.3 Å². The van der Waals surface area contributed by atoms with Gasteiger partial charge in [0.25, 0.3) is 0 Å². The lowest BCUT2D eigenvalue weighted by Crippen LogP contribution is -2.52. The summed E-state index contributed by atoms with van der Waals surface area (Å²) in [6.45, 7) is -0.227. The monoisotopic (exact) mass is 330 g/mol. The minimum atomic E-state index is -4.13. The molecule has 0 aromatic heterocycles. The molecule has 0 amide bonds. The number of nitrogens with zero attached hydrogens (tertiary/aromatic N) is 2. The van der Waals surface area contributed by atoms with Gasteiger partial charge in [0.15, 0.2) is 0 Å². The molecular formula is C12H11ClN2O5S. The summed E-state index contributed by atoms with van der Waals surface area (Å²) in [7, 11) is -4.13. The van der Waals surface area contributed by atoms with Gasteiger partial charge in [0.2, 0.25) is 10.0 Å². The number of sulfonamides is 1. The Morgan fingerprint density at radius 1 is 1.52 bits per heavy atom. The fourth-order valence-electron chi connectivity index (χ4n) is 1.97. The maximum atomic E-state index is 12.6. The molecule has 1 heterocycles. The van der Waals surface area contributed by atoms with Crippen LogP contribution in [0.3, 0.4) is 0 Å². The third-order valence-electron chi connectivity index (χ3n) is 3.01. The number of hydrogen-bond acceptors (Lipinski definition) is 5. The number of halogens is 1. The van der Waals surface area contributed by atoms with Crippen molar-refractivity contribution < 1.29 is 23.1 Å². The van der Waals surface area contributed by atoms with Crippen LogP contribution in [0.2, 0.25) is 5.02 Å². The normalized spacial score (nSPS) is 19.9. The van der Waals surface area contributed by atoms with E-state index in [1.165, 1.54) is 12.1 Å². The summed E-state index contributed by atoms with van der Waals surface area (Å²) in [5.41, 5.74) is 0.123. The van der Waals surface area contributed by atoms with Gasteiger partial charge in [-0.05, 0) is 18.2 Å². The summed E-state index contributed by atoms with van der Waals surface area (Å²) in [6, 6.07) is 4.32. The largest absolute Gasteiger partial charge is 0.480 e. The predicted molar refractivity (Wildman–Crippen MR) is 72.3 cm³/mol. The first-order chi connectivity index (χ1) is 9.87. The number of ether oxygens (including phenoxy) is 1. The average Bonchev–Trinajstić information content (AvgIpc) is 2.47. The Bertz CT molecular complexity index is 713. The van der Waals surface area contributed by atoms with Crippen molar-refractivity contribution >= 4 is 27.6 Å². The van der Waals surface area contributed by atoms with E-state index < -0.39 is 22.0 Å². The van der Waals surface area contributed by atoms with Gasteiger partial charge in [0.1, 0.15) is 10.9 Å². The fourth-order valence-corrected chi connectivity index (χ4v) is 4.02. The minimum Gasteiger partial charge on any atom is -0.480 e. The molecule has 1 fully saturated rings. The zero-order valence-electron chi connectivity index (χ0n) is 10.7. The lowest BCUT2D eigenvalue weighted by molar-refractivity contribution is -0.146. The van der Waals surface area contributed by atoms with Crippen LogP contribution in [0.4, 0.5) is 0 Å². The fraction of sp³-hybridized carbons (Fsp3) is 0.333. The average molecular weight is 331 g/mol. The van der Waals surface area contributed by atoms with Crippen LogP contribution in [0.1, 0.15) is 5.56 Å². The second-order valence-corrected chi connectivity index (χ2v) is 6.57. The van der Waals surface area contributed by atoms with Crippen molar-refractivity contribution in [3.8, 4) is 6.07 Å². The molecule has 1 atom stereocenters. The van der Waals surface area contributed by atoms with Gasteiger partial charge in [-0.1, -0.05) is 11.6 Å². The van der Waals surface area contributed by atoms with E-state index in [1.54, 1.807) is 0 Å². The molecule has 0 radical (unpaired) electrons. The molecule has 0 aliphatic carbocycles. The molecule has 7 nitrogen and oxygen atoms in total. The Morgan fingerprint density at radius 3 is 2.86 bits per heavy atom. The highest BCUT2D eigenvalue weighted by atomic mass is 35.5. The maximum Gasteiger partial charge on any atom is 0.324 e. The standard InChI is InChI=1S/C12H11ClN2O5S/c13-9-2-1-8(6-14)5-11(9)21(18,19)15-3-4-20-7-10(15)12(16)17/h1-2,5,10H,3-4,7H2,(H,16,17). The van der Waals surface area contributed by atoms with E-state index in [4.69, 9.17) is 26.7 Å². The number of carboxylic acid groups (broad SMARTS) is 1. The highest BCUT2D eigenvalue weighted by Crippen LogP contribution is 2.28. The van der Waals surface area contributed by atoms with E-state index in [1.807, 2.05) is 6.07 Å². The Labute approximate surface area is 126 Å². The summed E-state index contributed by atoms with van der Waals surface area (Å²) >= 11 is 5.89. The first-order valence-electron chi connectivity index (χ1n) is 5.90. The number of morpholine rings is 1. The number of benzene rings is 1. The van der Waals surface area contributed by atoms with Gasteiger partial charge in [0.05, 0.1) is 29.9 Å². The minimum absolute atomic E-state index is 0.0652. The summed E-state index contributed by atoms with van der Waals surface area (Å²) < 4.78 is 31.1. The smallest absolute Gasteiger partial charge is 0.324 e. The maximum absolute atomic E-state index is 12.6. The first kappa shape index (κ1) is 15.7. The van der Waals surface area contributed by atoms with Crippen molar-refractivity contribution in [3.05, 3.63) is 28.8 Å². The van der Waals surface area contributed by atoms with Crippen molar-refractivity contribution in [2.75, 3.05) is 19.8 Å². The SMILES string of the molecule is N#Cc1ccc(Cl)c(S(=O)(=O)N2CCOCC2C(=O)O)c1. The predicted octanol–water partition coefficient (Wildman–Crippen LogP) is 0.686. The second-order valence-electron chi connectivity index (χ2n) is 4.30. The van der Waals surface area contributed by atoms with E-state index in [0.29, 0.717) is 0 Å².